The molecular weight excluding hydrogens is 166 g/mol. The molecule has 2 heteroatoms. The topological polar surface area (TPSA) is 12.0 Å². The van der Waals surface area contributed by atoms with E-state index in [2.05, 4.69) is 18.2 Å². The number of hydrogen-bond acceptors (Lipinski definition) is 2. The van der Waals surface area contributed by atoms with Crippen LogP contribution < -0.4 is 5.32 Å². The second kappa shape index (κ2) is 5.50. The summed E-state index contributed by atoms with van der Waals surface area (Å²) in [6.07, 6.45) is 7.98. The first kappa shape index (κ1) is 9.95. The third kappa shape index (κ3) is 4.04. The van der Waals surface area contributed by atoms with Crippen LogP contribution in [0.15, 0.2) is 0 Å². The van der Waals surface area contributed by atoms with Crippen molar-refractivity contribution in [3.8, 4) is 12.3 Å². The summed E-state index contributed by atoms with van der Waals surface area (Å²) in [4.78, 5) is 0. The summed E-state index contributed by atoms with van der Waals surface area (Å²) in [5, 5.41) is 3.51. The van der Waals surface area contributed by atoms with Crippen LogP contribution >= 0.6 is 11.8 Å². The van der Waals surface area contributed by atoms with Gasteiger partial charge in [0.05, 0.1) is 5.75 Å². The lowest BCUT2D eigenvalue weighted by Gasteiger charge is -2.11. The molecule has 1 N–H and O–H groups in total. The van der Waals surface area contributed by atoms with Crippen LogP contribution in [0.2, 0.25) is 0 Å². The average Bonchev–Trinajstić information content (AvgIpc) is 2.86. The Morgan fingerprint density at radius 3 is 3.00 bits per heavy atom. The molecule has 1 fully saturated rings. The zero-order chi connectivity index (χ0) is 8.81. The molecule has 68 valence electrons. The van der Waals surface area contributed by atoms with E-state index in [1.54, 1.807) is 0 Å². The molecule has 0 amide bonds. The van der Waals surface area contributed by atoms with Crippen LogP contribution in [0.25, 0.3) is 0 Å². The fraction of sp³-hybridized carbons (Fsp3) is 0.800. The molecule has 1 unspecified atom stereocenters. The lowest BCUT2D eigenvalue weighted by molar-refractivity contribution is 0.514. The first-order chi connectivity index (χ1) is 5.84. The minimum atomic E-state index is 0.719. The highest BCUT2D eigenvalue weighted by Gasteiger charge is 2.26. The average molecular weight is 183 g/mol. The van der Waals surface area contributed by atoms with Crippen molar-refractivity contribution >= 4 is 11.8 Å². The lowest BCUT2D eigenvalue weighted by atomic mass is 10.2. The van der Waals surface area contributed by atoms with Crippen molar-refractivity contribution in [3.05, 3.63) is 0 Å². The van der Waals surface area contributed by atoms with Gasteiger partial charge in [-0.2, -0.15) is 0 Å². The number of rotatable bonds is 6. The highest BCUT2D eigenvalue weighted by molar-refractivity contribution is 7.99. The first-order valence-electron chi connectivity index (χ1n) is 4.59. The minimum absolute atomic E-state index is 0.719. The Morgan fingerprint density at radius 1 is 1.67 bits per heavy atom. The van der Waals surface area contributed by atoms with E-state index < -0.39 is 0 Å². The normalized spacial score (nSPS) is 18.7. The molecule has 0 aromatic rings. The fourth-order valence-corrected chi connectivity index (χ4v) is 1.78. The van der Waals surface area contributed by atoms with E-state index in [1.165, 1.54) is 12.8 Å². The van der Waals surface area contributed by atoms with Gasteiger partial charge in [-0.15, -0.1) is 18.2 Å². The Hall–Kier alpha value is -0.130. The third-order valence-corrected chi connectivity index (χ3v) is 3.09. The maximum Gasteiger partial charge on any atom is 0.0545 e. The molecule has 0 aliphatic heterocycles. The van der Waals surface area contributed by atoms with E-state index in [1.807, 2.05) is 11.8 Å². The molecule has 1 atom stereocenters. The Balaban J connectivity index is 1.85. The van der Waals surface area contributed by atoms with E-state index in [9.17, 15) is 0 Å². The van der Waals surface area contributed by atoms with Crippen molar-refractivity contribution in [1.82, 2.24) is 5.32 Å². The van der Waals surface area contributed by atoms with Crippen LogP contribution in [0, 0.1) is 18.3 Å². The highest BCUT2D eigenvalue weighted by Crippen LogP contribution is 2.32. The van der Waals surface area contributed by atoms with Crippen molar-refractivity contribution in [2.45, 2.75) is 25.8 Å². The summed E-state index contributed by atoms with van der Waals surface area (Å²) in [5.41, 5.74) is 0. The molecule has 1 nitrogen and oxygen atoms in total. The van der Waals surface area contributed by atoms with Crippen molar-refractivity contribution in [1.29, 1.82) is 0 Å². The van der Waals surface area contributed by atoms with E-state index in [4.69, 9.17) is 6.42 Å². The van der Waals surface area contributed by atoms with Gasteiger partial charge in [0, 0.05) is 18.3 Å². The molecule has 1 aliphatic rings. The monoisotopic (exact) mass is 183 g/mol. The second-order valence-electron chi connectivity index (χ2n) is 3.34. The van der Waals surface area contributed by atoms with Gasteiger partial charge in [-0.25, -0.2) is 0 Å². The maximum atomic E-state index is 5.14. The van der Waals surface area contributed by atoms with Crippen LogP contribution in [0.5, 0.6) is 0 Å². The number of terminal acetylenes is 1. The minimum Gasteiger partial charge on any atom is -0.313 e. The molecule has 1 aliphatic carbocycles. The Kier molecular flexibility index (Phi) is 4.57. The van der Waals surface area contributed by atoms with Gasteiger partial charge in [0.15, 0.2) is 0 Å². The van der Waals surface area contributed by atoms with Crippen LogP contribution in [0.4, 0.5) is 0 Å². The van der Waals surface area contributed by atoms with Gasteiger partial charge in [-0.05, 0) is 25.7 Å². The third-order valence-electron chi connectivity index (χ3n) is 2.23. The summed E-state index contributed by atoms with van der Waals surface area (Å²) in [7, 11) is 0. The standard InChI is InChI=1S/C10H17NS/c1-3-7-12-8-6-11-9(2)10-4-5-10/h1,9-11H,4-8H2,2H3. The number of nitrogens with one attached hydrogen (secondary N) is 1. The summed E-state index contributed by atoms with van der Waals surface area (Å²) in [6, 6.07) is 0.719. The van der Waals surface area contributed by atoms with E-state index in [0.717, 1.165) is 30.0 Å². The van der Waals surface area contributed by atoms with Gasteiger partial charge < -0.3 is 5.32 Å². The molecule has 0 heterocycles. The Labute approximate surface area is 79.7 Å². The molecule has 1 rings (SSSR count). The second-order valence-corrected chi connectivity index (χ2v) is 4.44. The van der Waals surface area contributed by atoms with E-state index >= 15 is 0 Å². The van der Waals surface area contributed by atoms with Gasteiger partial charge in [0.1, 0.15) is 0 Å². The van der Waals surface area contributed by atoms with Crippen molar-refractivity contribution in [2.75, 3.05) is 18.1 Å². The van der Waals surface area contributed by atoms with Gasteiger partial charge in [0.2, 0.25) is 0 Å². The lowest BCUT2D eigenvalue weighted by Crippen LogP contribution is -2.29. The highest BCUT2D eigenvalue weighted by atomic mass is 32.2. The smallest absolute Gasteiger partial charge is 0.0545 e. The Bertz CT molecular complexity index is 158. The summed E-state index contributed by atoms with van der Waals surface area (Å²) < 4.78 is 0. The zero-order valence-corrected chi connectivity index (χ0v) is 8.49. The fourth-order valence-electron chi connectivity index (χ4n) is 1.25. The van der Waals surface area contributed by atoms with Crippen molar-refractivity contribution < 1.29 is 0 Å². The molecule has 0 saturated heterocycles. The van der Waals surface area contributed by atoms with E-state index in [-0.39, 0.29) is 0 Å². The van der Waals surface area contributed by atoms with E-state index in [0.29, 0.717) is 0 Å². The molecule has 0 aromatic carbocycles. The molecule has 0 spiro atoms. The van der Waals surface area contributed by atoms with Gasteiger partial charge in [0.25, 0.3) is 0 Å². The Morgan fingerprint density at radius 2 is 2.42 bits per heavy atom. The van der Waals surface area contributed by atoms with Crippen LogP contribution in [-0.4, -0.2) is 24.1 Å². The molecule has 0 radical (unpaired) electrons. The zero-order valence-electron chi connectivity index (χ0n) is 7.68. The predicted molar refractivity (Wildman–Crippen MR) is 56.3 cm³/mol. The van der Waals surface area contributed by atoms with Crippen LogP contribution in [-0.2, 0) is 0 Å². The predicted octanol–water partition coefficient (Wildman–Crippen LogP) is 1.74. The largest absolute Gasteiger partial charge is 0.313 e. The number of hydrogen-bond donors (Lipinski definition) is 1. The molecule has 0 aromatic heterocycles. The molecule has 0 bridgehead atoms. The van der Waals surface area contributed by atoms with Crippen LogP contribution in [0.3, 0.4) is 0 Å². The SMILES string of the molecule is C#CCSCCNC(C)C1CC1. The molecular formula is C10H17NS. The first-order valence-corrected chi connectivity index (χ1v) is 5.74. The summed E-state index contributed by atoms with van der Waals surface area (Å²) >= 11 is 1.83. The quantitative estimate of drug-likeness (QED) is 0.497. The molecule has 1 saturated carbocycles. The van der Waals surface area contributed by atoms with Crippen LogP contribution in [0.1, 0.15) is 19.8 Å². The van der Waals surface area contributed by atoms with Gasteiger partial charge in [-0.1, -0.05) is 5.92 Å². The van der Waals surface area contributed by atoms with Crippen molar-refractivity contribution in [2.24, 2.45) is 5.92 Å². The van der Waals surface area contributed by atoms with Gasteiger partial charge in [-0.3, -0.25) is 0 Å². The van der Waals surface area contributed by atoms with Gasteiger partial charge >= 0.3 is 0 Å². The summed E-state index contributed by atoms with van der Waals surface area (Å²) in [5.74, 6) is 5.57. The van der Waals surface area contributed by atoms with Crippen molar-refractivity contribution in [3.63, 3.8) is 0 Å². The number of thioether (sulfide) groups is 1. The summed E-state index contributed by atoms with van der Waals surface area (Å²) in [6.45, 7) is 3.38. The molecule has 12 heavy (non-hydrogen) atoms. The maximum absolute atomic E-state index is 5.14.